The summed E-state index contributed by atoms with van der Waals surface area (Å²) in [5.41, 5.74) is 2.95. The van der Waals surface area contributed by atoms with E-state index in [2.05, 4.69) is 28.5 Å². The Bertz CT molecular complexity index is 1310. The summed E-state index contributed by atoms with van der Waals surface area (Å²) in [4.78, 5) is 7.38. The predicted octanol–water partition coefficient (Wildman–Crippen LogP) is 5.34. The Hall–Kier alpha value is -2.48. The molecule has 3 aliphatic heterocycles. The van der Waals surface area contributed by atoms with E-state index in [1.807, 2.05) is 36.4 Å². The molecule has 6 rings (SSSR count). The van der Waals surface area contributed by atoms with E-state index in [9.17, 15) is 8.42 Å². The molecule has 3 fully saturated rings. The number of nitrogens with one attached hydrogen (secondary N) is 1. The highest BCUT2D eigenvalue weighted by Gasteiger charge is 2.44. The van der Waals surface area contributed by atoms with Gasteiger partial charge in [0.05, 0.1) is 23.6 Å². The van der Waals surface area contributed by atoms with Crippen LogP contribution in [0.2, 0.25) is 0 Å². The summed E-state index contributed by atoms with van der Waals surface area (Å²) in [5.74, 6) is 2.06. The molecular weight excluding hydrogens is 470 g/mol. The van der Waals surface area contributed by atoms with Gasteiger partial charge in [-0.1, -0.05) is 38.8 Å². The fourth-order valence-corrected chi connectivity index (χ4v) is 7.49. The van der Waals surface area contributed by atoms with Gasteiger partial charge in [0.2, 0.25) is 10.0 Å². The molecule has 2 bridgehead atoms. The van der Waals surface area contributed by atoms with E-state index >= 15 is 0 Å². The van der Waals surface area contributed by atoms with Crippen molar-refractivity contribution < 1.29 is 13.2 Å². The zero-order chi connectivity index (χ0) is 25.3. The Morgan fingerprint density at radius 1 is 1.14 bits per heavy atom. The first kappa shape index (κ1) is 25.2. The largest absolute Gasteiger partial charge is 0.497 e. The summed E-state index contributed by atoms with van der Waals surface area (Å²) < 4.78 is 36.1. The molecule has 4 unspecified atom stereocenters. The molecule has 1 aromatic heterocycles. The number of nitrogens with zero attached hydrogens (tertiary/aromatic N) is 2. The molecule has 6 nitrogen and oxygen atoms in total. The molecule has 0 aliphatic carbocycles. The van der Waals surface area contributed by atoms with Crippen LogP contribution >= 0.6 is 0 Å². The van der Waals surface area contributed by atoms with E-state index in [1.54, 1.807) is 25.4 Å². The van der Waals surface area contributed by atoms with E-state index in [0.29, 0.717) is 16.7 Å². The average molecular weight is 508 g/mol. The van der Waals surface area contributed by atoms with E-state index in [4.69, 9.17) is 4.74 Å². The fraction of sp³-hybridized carbons (Fsp3) is 0.483. The second-order valence-corrected chi connectivity index (χ2v) is 12.0. The summed E-state index contributed by atoms with van der Waals surface area (Å²) in [5, 5.41) is 0.928. The first-order chi connectivity index (χ1) is 17.4. The molecule has 0 amide bonds. The van der Waals surface area contributed by atoms with Crippen LogP contribution in [0.15, 0.2) is 59.6 Å². The molecule has 36 heavy (non-hydrogen) atoms. The molecule has 4 heterocycles. The number of aromatic nitrogens is 1. The van der Waals surface area contributed by atoms with Gasteiger partial charge in [-0.2, -0.15) is 0 Å². The number of rotatable bonds is 9. The lowest BCUT2D eigenvalue weighted by Crippen LogP contribution is -2.57. The minimum Gasteiger partial charge on any atom is -0.497 e. The Morgan fingerprint density at radius 2 is 1.94 bits per heavy atom. The van der Waals surface area contributed by atoms with Gasteiger partial charge < -0.3 is 4.74 Å². The molecule has 0 spiro atoms. The topological polar surface area (TPSA) is 71.5 Å². The summed E-state index contributed by atoms with van der Waals surface area (Å²) >= 11 is 0. The van der Waals surface area contributed by atoms with Crippen LogP contribution in [-0.4, -0.2) is 44.5 Å². The van der Waals surface area contributed by atoms with Crippen molar-refractivity contribution in [2.24, 2.45) is 11.8 Å². The van der Waals surface area contributed by atoms with Gasteiger partial charge in [-0.05, 0) is 85.2 Å². The summed E-state index contributed by atoms with van der Waals surface area (Å²) in [7, 11) is -2.09. The van der Waals surface area contributed by atoms with Crippen molar-refractivity contribution in [1.82, 2.24) is 14.6 Å². The highest BCUT2D eigenvalue weighted by atomic mass is 32.2. The zero-order valence-electron chi connectivity index (χ0n) is 21.5. The molecule has 0 saturated carbocycles. The van der Waals surface area contributed by atoms with Crippen molar-refractivity contribution in [3.63, 3.8) is 0 Å². The van der Waals surface area contributed by atoms with E-state index in [1.165, 1.54) is 12.8 Å². The van der Waals surface area contributed by atoms with Gasteiger partial charge in [0.25, 0.3) is 0 Å². The van der Waals surface area contributed by atoms with Gasteiger partial charge in [-0.15, -0.1) is 0 Å². The number of sulfonamides is 1. The molecule has 192 valence electrons. The SMILES string of the molecule is CCCc1ccc(S(=O)(=O)N[C@@H](c2ccnc3ccc(OC)cc23)C2CC3CCN2CC3CC)cc1. The van der Waals surface area contributed by atoms with Gasteiger partial charge in [-0.3, -0.25) is 9.88 Å². The maximum absolute atomic E-state index is 13.7. The molecule has 3 aromatic rings. The minimum atomic E-state index is -3.74. The predicted molar refractivity (Wildman–Crippen MR) is 144 cm³/mol. The number of hydrogen-bond acceptors (Lipinski definition) is 5. The van der Waals surface area contributed by atoms with Gasteiger partial charge in [0.15, 0.2) is 0 Å². The highest BCUT2D eigenvalue weighted by molar-refractivity contribution is 7.89. The lowest BCUT2D eigenvalue weighted by molar-refractivity contribution is -0.0128. The Morgan fingerprint density at radius 3 is 2.61 bits per heavy atom. The van der Waals surface area contributed by atoms with Crippen molar-refractivity contribution in [2.45, 2.75) is 62.9 Å². The fourth-order valence-electron chi connectivity index (χ4n) is 6.24. The lowest BCUT2D eigenvalue weighted by atomic mass is 9.72. The molecule has 3 saturated heterocycles. The van der Waals surface area contributed by atoms with Gasteiger partial charge >= 0.3 is 0 Å². The van der Waals surface area contributed by atoms with Gasteiger partial charge in [-0.25, -0.2) is 13.1 Å². The quantitative estimate of drug-likeness (QED) is 0.424. The molecule has 5 atom stereocenters. The maximum atomic E-state index is 13.7. The normalized spacial score (nSPS) is 24.6. The molecule has 0 radical (unpaired) electrons. The van der Waals surface area contributed by atoms with E-state index in [-0.39, 0.29) is 12.1 Å². The number of piperidine rings is 3. The molecular formula is C29H37N3O3S. The number of ether oxygens (including phenoxy) is 1. The summed E-state index contributed by atoms with van der Waals surface area (Å²) in [6, 6.07) is 14.8. The third-order valence-corrected chi connectivity index (χ3v) is 9.67. The van der Waals surface area contributed by atoms with Crippen LogP contribution in [0, 0.1) is 11.8 Å². The van der Waals surface area contributed by atoms with E-state index < -0.39 is 10.0 Å². The van der Waals surface area contributed by atoms with Crippen molar-refractivity contribution in [3.8, 4) is 5.75 Å². The van der Waals surface area contributed by atoms with Crippen LogP contribution in [0.5, 0.6) is 5.75 Å². The molecule has 3 aliphatic rings. The maximum Gasteiger partial charge on any atom is 0.241 e. The van der Waals surface area contributed by atoms with Crippen LogP contribution in [0.25, 0.3) is 10.9 Å². The molecule has 7 heteroatoms. The highest BCUT2D eigenvalue weighted by Crippen LogP contribution is 2.43. The van der Waals surface area contributed by atoms with Gasteiger partial charge in [0.1, 0.15) is 5.75 Å². The van der Waals surface area contributed by atoms with E-state index in [0.717, 1.165) is 60.1 Å². The lowest BCUT2D eigenvalue weighted by Gasteiger charge is -2.52. The third kappa shape index (κ3) is 4.89. The number of aryl methyl sites for hydroxylation is 1. The van der Waals surface area contributed by atoms with Crippen LogP contribution in [0.1, 0.15) is 56.7 Å². The first-order valence-electron chi connectivity index (χ1n) is 13.2. The first-order valence-corrected chi connectivity index (χ1v) is 14.7. The van der Waals surface area contributed by atoms with Crippen molar-refractivity contribution >= 4 is 20.9 Å². The standard InChI is InChI=1S/C29H37N3O3S/c1-4-6-20-7-10-24(11-8-20)36(33,34)31-29(28-17-22-14-16-32(28)19-21(22)5-2)25-13-15-30-27-12-9-23(35-3)18-26(25)27/h7-13,15,18,21-22,28-29,31H,4-6,14,16-17,19H2,1-3H3/t21?,22?,28?,29-/m0/s1. The molecule has 2 aromatic carbocycles. The Labute approximate surface area is 215 Å². The Balaban J connectivity index is 1.56. The zero-order valence-corrected chi connectivity index (χ0v) is 22.3. The number of benzene rings is 2. The summed E-state index contributed by atoms with van der Waals surface area (Å²) in [6.45, 7) is 6.44. The monoisotopic (exact) mass is 507 g/mol. The van der Waals surface area contributed by atoms with Crippen LogP contribution in [0.4, 0.5) is 0 Å². The number of pyridine rings is 1. The molecule has 1 N–H and O–H groups in total. The number of fused-ring (bicyclic) bond motifs is 4. The van der Waals surface area contributed by atoms with Gasteiger partial charge in [0, 0.05) is 24.2 Å². The van der Waals surface area contributed by atoms with Crippen molar-refractivity contribution in [1.29, 1.82) is 0 Å². The van der Waals surface area contributed by atoms with Crippen molar-refractivity contribution in [3.05, 3.63) is 65.9 Å². The Kier molecular flexibility index (Phi) is 7.33. The summed E-state index contributed by atoms with van der Waals surface area (Å²) in [6.07, 6.45) is 7.12. The third-order valence-electron chi connectivity index (χ3n) is 8.22. The second kappa shape index (κ2) is 10.5. The van der Waals surface area contributed by atoms with Crippen molar-refractivity contribution in [2.75, 3.05) is 20.2 Å². The van der Waals surface area contributed by atoms with Crippen LogP contribution in [-0.2, 0) is 16.4 Å². The smallest absolute Gasteiger partial charge is 0.241 e. The van der Waals surface area contributed by atoms with Crippen LogP contribution < -0.4 is 9.46 Å². The number of methoxy groups -OCH3 is 1. The minimum absolute atomic E-state index is 0.0949. The number of hydrogen-bond donors (Lipinski definition) is 1. The van der Waals surface area contributed by atoms with Crippen LogP contribution in [0.3, 0.4) is 0 Å². The second-order valence-electron chi connectivity index (χ2n) is 10.3. The average Bonchev–Trinajstić information content (AvgIpc) is 2.92.